The van der Waals surface area contributed by atoms with Gasteiger partial charge in [-0.15, -0.1) is 0 Å². The van der Waals surface area contributed by atoms with Gasteiger partial charge in [-0.2, -0.15) is 0 Å². The predicted molar refractivity (Wildman–Crippen MR) is 185 cm³/mol. The first kappa shape index (κ1) is 27.2. The molecule has 0 N–H and O–H groups in total. The summed E-state index contributed by atoms with van der Waals surface area (Å²) >= 11 is 0. The van der Waals surface area contributed by atoms with Crippen molar-refractivity contribution < 1.29 is 4.42 Å². The lowest BCUT2D eigenvalue weighted by Crippen LogP contribution is -2.31. The highest BCUT2D eigenvalue weighted by molar-refractivity contribution is 5.93. The minimum absolute atomic E-state index is 0.0227. The molecule has 0 amide bonds. The number of oxazole rings is 1. The van der Waals surface area contributed by atoms with Crippen LogP contribution in [-0.2, 0) is 0 Å². The number of hydrogen-bond donors (Lipinski definition) is 0. The molecular weight excluding hydrogens is 550 g/mol. The molecule has 2 aliphatic carbocycles. The number of hydrogen-bond acceptors (Lipinski definition) is 3. The Morgan fingerprint density at radius 1 is 0.844 bits per heavy atom. The number of allylic oxidation sites excluding steroid dienone is 5. The quantitative estimate of drug-likeness (QED) is 0.194. The SMILES string of the molecule is [C-]#[N+]/C(=C1\C=C2C=C(c3ccc(N4c5ccccc5C=Cc5ccccc54)cc3)CCC2C(C)(C)C1)c1nc2ccccc2o1. The first-order valence-electron chi connectivity index (χ1n) is 15.6. The normalized spacial score (nSPS) is 19.4. The van der Waals surface area contributed by atoms with E-state index in [4.69, 9.17) is 11.0 Å². The fourth-order valence-electron chi connectivity index (χ4n) is 7.38. The lowest BCUT2D eigenvalue weighted by atomic mass is 9.62. The second-order valence-electron chi connectivity index (χ2n) is 12.9. The summed E-state index contributed by atoms with van der Waals surface area (Å²) in [6.07, 6.45) is 12.0. The van der Waals surface area contributed by atoms with E-state index in [0.29, 0.717) is 23.1 Å². The van der Waals surface area contributed by atoms with Gasteiger partial charge in [0.2, 0.25) is 5.89 Å². The van der Waals surface area contributed by atoms with Gasteiger partial charge in [-0.3, -0.25) is 0 Å². The number of para-hydroxylation sites is 4. The highest BCUT2D eigenvalue weighted by Crippen LogP contribution is 2.51. The molecule has 1 aliphatic heterocycles. The smallest absolute Gasteiger partial charge is 0.250 e. The van der Waals surface area contributed by atoms with Crippen LogP contribution in [0, 0.1) is 17.9 Å². The van der Waals surface area contributed by atoms with Gasteiger partial charge < -0.3 is 9.32 Å². The van der Waals surface area contributed by atoms with Crippen LogP contribution in [0.2, 0.25) is 0 Å². The maximum absolute atomic E-state index is 8.07. The number of fused-ring (bicyclic) bond motifs is 4. The van der Waals surface area contributed by atoms with Crippen LogP contribution < -0.4 is 4.90 Å². The van der Waals surface area contributed by atoms with Gasteiger partial charge in [0.1, 0.15) is 5.52 Å². The average Bonchev–Trinajstić information content (AvgIpc) is 3.41. The van der Waals surface area contributed by atoms with Gasteiger partial charge in [0, 0.05) is 5.69 Å². The number of anilines is 3. The lowest BCUT2D eigenvalue weighted by Gasteiger charge is -2.42. The standard InChI is InChI=1S/C41H33N3O/c1-41(2)26-32(39(42-3)40-43-35-12-6-9-15-38(35)45-40)25-31-24-30(20-23-34(31)41)27-18-21-33(22-19-27)44-36-13-7-4-10-28(36)16-17-29-11-5-8-14-37(29)44/h4-19,21-22,24-25,34H,20,23,26H2,1-2H3/b39-32+. The number of rotatable bonds is 3. The summed E-state index contributed by atoms with van der Waals surface area (Å²) in [7, 11) is 0. The molecule has 3 aliphatic rings. The number of benzene rings is 4. The summed E-state index contributed by atoms with van der Waals surface area (Å²) in [5, 5.41) is 0. The number of aromatic nitrogens is 1. The molecule has 0 saturated carbocycles. The minimum Gasteiger partial charge on any atom is -0.447 e. The van der Waals surface area contributed by atoms with E-state index in [9.17, 15) is 0 Å². The second kappa shape index (κ2) is 10.6. The molecule has 0 saturated heterocycles. The van der Waals surface area contributed by atoms with Gasteiger partial charge in [-0.1, -0.05) is 98.8 Å². The third-order valence-electron chi connectivity index (χ3n) is 9.58. The van der Waals surface area contributed by atoms with Crippen molar-refractivity contribution in [2.75, 3.05) is 4.90 Å². The van der Waals surface area contributed by atoms with Crippen molar-refractivity contribution in [1.82, 2.24) is 4.98 Å². The van der Waals surface area contributed by atoms with E-state index in [0.717, 1.165) is 36.0 Å². The Morgan fingerprint density at radius 3 is 2.20 bits per heavy atom. The van der Waals surface area contributed by atoms with Gasteiger partial charge >= 0.3 is 0 Å². The molecule has 5 aromatic rings. The molecule has 1 atom stereocenters. The molecule has 2 heterocycles. The van der Waals surface area contributed by atoms with E-state index >= 15 is 0 Å². The fourth-order valence-corrected chi connectivity index (χ4v) is 7.38. The van der Waals surface area contributed by atoms with E-state index < -0.39 is 0 Å². The highest BCUT2D eigenvalue weighted by Gasteiger charge is 2.38. The fraction of sp³-hybridized carbons (Fsp3) is 0.171. The van der Waals surface area contributed by atoms with Crippen LogP contribution >= 0.6 is 0 Å². The Morgan fingerprint density at radius 2 is 1.51 bits per heavy atom. The summed E-state index contributed by atoms with van der Waals surface area (Å²) in [4.78, 5) is 11.0. The summed E-state index contributed by atoms with van der Waals surface area (Å²) in [6.45, 7) is 12.7. The summed E-state index contributed by atoms with van der Waals surface area (Å²) in [6, 6.07) is 33.9. The molecule has 4 nitrogen and oxygen atoms in total. The predicted octanol–water partition coefficient (Wildman–Crippen LogP) is 11.3. The van der Waals surface area contributed by atoms with Crippen molar-refractivity contribution in [3.05, 3.63) is 154 Å². The Labute approximate surface area is 264 Å². The maximum atomic E-state index is 8.07. The monoisotopic (exact) mass is 583 g/mol. The molecule has 8 rings (SSSR count). The van der Waals surface area contributed by atoms with Crippen LogP contribution in [-0.4, -0.2) is 4.98 Å². The van der Waals surface area contributed by atoms with Crippen LogP contribution in [0.25, 0.3) is 39.4 Å². The van der Waals surface area contributed by atoms with E-state index in [-0.39, 0.29) is 5.41 Å². The molecule has 1 aromatic heterocycles. The molecule has 4 aromatic carbocycles. The molecule has 0 bridgehead atoms. The first-order valence-corrected chi connectivity index (χ1v) is 15.6. The van der Waals surface area contributed by atoms with Crippen molar-refractivity contribution in [2.45, 2.75) is 33.1 Å². The maximum Gasteiger partial charge on any atom is 0.250 e. The van der Waals surface area contributed by atoms with Gasteiger partial charge in [0.05, 0.1) is 17.9 Å². The van der Waals surface area contributed by atoms with Crippen LogP contribution in [0.3, 0.4) is 0 Å². The highest BCUT2D eigenvalue weighted by atomic mass is 16.3. The molecule has 45 heavy (non-hydrogen) atoms. The zero-order chi connectivity index (χ0) is 30.5. The van der Waals surface area contributed by atoms with Crippen LogP contribution in [0.4, 0.5) is 17.1 Å². The van der Waals surface area contributed by atoms with E-state index in [1.54, 1.807) is 0 Å². The zero-order valence-corrected chi connectivity index (χ0v) is 25.5. The number of nitrogens with zero attached hydrogens (tertiary/aromatic N) is 3. The summed E-state index contributed by atoms with van der Waals surface area (Å²) in [5.41, 5.74) is 12.8. The summed E-state index contributed by atoms with van der Waals surface area (Å²) in [5.74, 6) is 0.854. The van der Waals surface area contributed by atoms with E-state index in [1.165, 1.54) is 39.2 Å². The van der Waals surface area contributed by atoms with Crippen molar-refractivity contribution >= 4 is 51.6 Å². The topological polar surface area (TPSA) is 33.6 Å². The average molecular weight is 584 g/mol. The van der Waals surface area contributed by atoms with Gasteiger partial charge in [-0.05, 0) is 100 Å². The van der Waals surface area contributed by atoms with Crippen molar-refractivity contribution in [1.29, 1.82) is 0 Å². The molecule has 0 fully saturated rings. The van der Waals surface area contributed by atoms with E-state index in [1.807, 2.05) is 24.3 Å². The molecular formula is C41H33N3O. The third-order valence-corrected chi connectivity index (χ3v) is 9.58. The van der Waals surface area contributed by atoms with Gasteiger partial charge in [0.25, 0.3) is 5.70 Å². The van der Waals surface area contributed by atoms with Crippen LogP contribution in [0.5, 0.6) is 0 Å². The Balaban J connectivity index is 1.17. The van der Waals surface area contributed by atoms with E-state index in [2.05, 4.69) is 126 Å². The van der Waals surface area contributed by atoms with Crippen LogP contribution in [0.15, 0.2) is 125 Å². The molecule has 218 valence electrons. The molecule has 0 spiro atoms. The van der Waals surface area contributed by atoms with Crippen molar-refractivity contribution in [3.8, 4) is 0 Å². The Kier molecular flexibility index (Phi) is 6.43. The molecule has 0 radical (unpaired) electrons. The molecule has 4 heteroatoms. The zero-order valence-electron chi connectivity index (χ0n) is 25.5. The van der Waals surface area contributed by atoms with Crippen molar-refractivity contribution in [3.63, 3.8) is 0 Å². The first-order chi connectivity index (χ1) is 22.0. The van der Waals surface area contributed by atoms with Crippen molar-refractivity contribution in [2.24, 2.45) is 11.3 Å². The Hall–Kier alpha value is -5.40. The summed E-state index contributed by atoms with van der Waals surface area (Å²) < 4.78 is 6.05. The van der Waals surface area contributed by atoms with Gasteiger partial charge in [0.15, 0.2) is 5.58 Å². The lowest BCUT2D eigenvalue weighted by molar-refractivity contribution is 0.228. The van der Waals surface area contributed by atoms with Gasteiger partial charge in [-0.25, -0.2) is 9.83 Å². The third kappa shape index (κ3) is 4.73. The molecule has 1 unspecified atom stereocenters. The Bertz CT molecular complexity index is 2050. The second-order valence-corrected chi connectivity index (χ2v) is 12.9. The minimum atomic E-state index is 0.0227. The van der Waals surface area contributed by atoms with Crippen LogP contribution in [0.1, 0.15) is 55.7 Å². The largest absolute Gasteiger partial charge is 0.447 e.